The van der Waals surface area contributed by atoms with E-state index in [2.05, 4.69) is 22.4 Å². The van der Waals surface area contributed by atoms with Crippen LogP contribution in [0.15, 0.2) is 59.6 Å². The Bertz CT molecular complexity index is 986. The van der Waals surface area contributed by atoms with Crippen molar-refractivity contribution in [2.75, 3.05) is 21.3 Å². The first-order valence-electron chi connectivity index (χ1n) is 8.94. The van der Waals surface area contributed by atoms with E-state index in [1.165, 1.54) is 0 Å². The lowest BCUT2D eigenvalue weighted by Crippen LogP contribution is -2.31. The minimum absolute atomic E-state index is 0.393. The van der Waals surface area contributed by atoms with Crippen LogP contribution in [0.1, 0.15) is 11.1 Å². The Hall–Kier alpha value is -3.41. The van der Waals surface area contributed by atoms with Gasteiger partial charge in [-0.3, -0.25) is 0 Å². The number of nitrogens with two attached hydrogens (primary N) is 1. The van der Waals surface area contributed by atoms with Crippen molar-refractivity contribution < 1.29 is 14.2 Å². The molecule has 0 bridgehead atoms. The van der Waals surface area contributed by atoms with E-state index in [1.807, 2.05) is 42.5 Å². The molecule has 146 valence electrons. The fraction of sp³-hybridized carbons (Fsp3) is 0.227. The first-order chi connectivity index (χ1) is 13.6. The van der Waals surface area contributed by atoms with E-state index in [9.17, 15) is 0 Å². The zero-order chi connectivity index (χ0) is 19.9. The fourth-order valence-corrected chi connectivity index (χ4v) is 2.91. The van der Waals surface area contributed by atoms with E-state index < -0.39 is 0 Å². The van der Waals surface area contributed by atoms with Crippen LogP contribution in [0.5, 0.6) is 17.2 Å². The number of fused-ring (bicyclic) bond motifs is 1. The SMILES string of the molecule is COc1ccc2cc(CN=C(N)NCc3ccc(OC)c(OC)c3)ccc2c1. The largest absolute Gasteiger partial charge is 0.497 e. The first-order valence-corrected chi connectivity index (χ1v) is 8.94. The molecule has 6 heteroatoms. The lowest BCUT2D eigenvalue weighted by molar-refractivity contribution is 0.354. The molecule has 0 aliphatic carbocycles. The third-order valence-corrected chi connectivity index (χ3v) is 4.47. The van der Waals surface area contributed by atoms with Gasteiger partial charge in [-0.25, -0.2) is 4.99 Å². The molecule has 0 aliphatic rings. The molecule has 3 N–H and O–H groups in total. The van der Waals surface area contributed by atoms with Crippen molar-refractivity contribution in [1.29, 1.82) is 0 Å². The van der Waals surface area contributed by atoms with Crippen LogP contribution in [-0.2, 0) is 13.1 Å². The molecule has 0 unspecified atom stereocenters. The van der Waals surface area contributed by atoms with Gasteiger partial charge < -0.3 is 25.3 Å². The first kappa shape index (κ1) is 19.4. The van der Waals surface area contributed by atoms with Crippen molar-refractivity contribution in [3.05, 3.63) is 65.7 Å². The van der Waals surface area contributed by atoms with Gasteiger partial charge in [-0.1, -0.05) is 24.3 Å². The number of hydrogen-bond donors (Lipinski definition) is 2. The normalized spacial score (nSPS) is 11.3. The molecular weight excluding hydrogens is 354 g/mol. The number of aliphatic imine (C=N–C) groups is 1. The van der Waals surface area contributed by atoms with Gasteiger partial charge in [0.15, 0.2) is 17.5 Å². The zero-order valence-electron chi connectivity index (χ0n) is 16.4. The summed E-state index contributed by atoms with van der Waals surface area (Å²) < 4.78 is 15.8. The zero-order valence-corrected chi connectivity index (χ0v) is 16.4. The van der Waals surface area contributed by atoms with E-state index in [0.717, 1.165) is 27.6 Å². The Morgan fingerprint density at radius 2 is 1.54 bits per heavy atom. The third-order valence-electron chi connectivity index (χ3n) is 4.47. The van der Waals surface area contributed by atoms with Crippen molar-refractivity contribution in [3.8, 4) is 17.2 Å². The summed E-state index contributed by atoms with van der Waals surface area (Å²) in [5.74, 6) is 2.62. The topological polar surface area (TPSA) is 78.1 Å². The summed E-state index contributed by atoms with van der Waals surface area (Å²) in [6.45, 7) is 1.06. The van der Waals surface area contributed by atoms with Crippen molar-refractivity contribution in [1.82, 2.24) is 5.32 Å². The summed E-state index contributed by atoms with van der Waals surface area (Å²) in [4.78, 5) is 4.43. The molecule has 3 rings (SSSR count). The summed E-state index contributed by atoms with van der Waals surface area (Å²) in [7, 11) is 4.90. The highest BCUT2D eigenvalue weighted by Crippen LogP contribution is 2.27. The predicted molar refractivity (Wildman–Crippen MR) is 112 cm³/mol. The molecule has 0 spiro atoms. The summed E-state index contributed by atoms with van der Waals surface area (Å²) in [6, 6.07) is 18.0. The number of benzene rings is 3. The minimum atomic E-state index is 0.393. The Kier molecular flexibility index (Phi) is 6.22. The number of guanidine groups is 1. The number of nitrogens with one attached hydrogen (secondary N) is 1. The highest BCUT2D eigenvalue weighted by Gasteiger charge is 2.05. The van der Waals surface area contributed by atoms with E-state index in [1.54, 1.807) is 21.3 Å². The third kappa shape index (κ3) is 4.65. The minimum Gasteiger partial charge on any atom is -0.497 e. The van der Waals surface area contributed by atoms with Crippen LogP contribution in [0, 0.1) is 0 Å². The molecule has 6 nitrogen and oxygen atoms in total. The lowest BCUT2D eigenvalue weighted by Gasteiger charge is -2.10. The maximum absolute atomic E-state index is 6.01. The highest BCUT2D eigenvalue weighted by atomic mass is 16.5. The van der Waals surface area contributed by atoms with Crippen LogP contribution in [0.2, 0.25) is 0 Å². The molecule has 0 radical (unpaired) electrons. The summed E-state index contributed by atoms with van der Waals surface area (Å²) in [5, 5.41) is 5.40. The van der Waals surface area contributed by atoms with Gasteiger partial charge in [-0.15, -0.1) is 0 Å². The summed E-state index contributed by atoms with van der Waals surface area (Å²) >= 11 is 0. The van der Waals surface area contributed by atoms with Crippen LogP contribution in [0.3, 0.4) is 0 Å². The molecular formula is C22H25N3O3. The molecule has 3 aromatic rings. The van der Waals surface area contributed by atoms with Gasteiger partial charge in [0.05, 0.1) is 27.9 Å². The predicted octanol–water partition coefficient (Wildman–Crippen LogP) is 3.47. The van der Waals surface area contributed by atoms with Gasteiger partial charge in [-0.05, 0) is 52.2 Å². The van der Waals surface area contributed by atoms with Crippen LogP contribution in [-0.4, -0.2) is 27.3 Å². The molecule has 0 atom stereocenters. The second-order valence-corrected chi connectivity index (χ2v) is 6.29. The Morgan fingerprint density at radius 3 is 2.29 bits per heavy atom. The standard InChI is InChI=1S/C22H25N3O3/c1-26-19-8-7-17-10-15(4-6-18(17)12-19)13-24-22(23)25-14-16-5-9-20(27-2)21(11-16)28-3/h4-12H,13-14H2,1-3H3,(H3,23,24,25). The molecule has 0 aliphatic heterocycles. The van der Waals surface area contributed by atoms with Gasteiger partial charge in [-0.2, -0.15) is 0 Å². The van der Waals surface area contributed by atoms with E-state index in [-0.39, 0.29) is 0 Å². The number of ether oxygens (including phenoxy) is 3. The van der Waals surface area contributed by atoms with Crippen LogP contribution in [0.4, 0.5) is 0 Å². The number of hydrogen-bond acceptors (Lipinski definition) is 4. The van der Waals surface area contributed by atoms with Gasteiger partial charge in [0.2, 0.25) is 0 Å². The second kappa shape index (κ2) is 8.99. The van der Waals surface area contributed by atoms with Crippen LogP contribution >= 0.6 is 0 Å². The van der Waals surface area contributed by atoms with Crippen LogP contribution in [0.25, 0.3) is 10.8 Å². The van der Waals surface area contributed by atoms with Gasteiger partial charge >= 0.3 is 0 Å². The molecule has 0 saturated heterocycles. The fourth-order valence-electron chi connectivity index (χ4n) is 2.91. The molecule has 0 heterocycles. The summed E-state index contributed by atoms with van der Waals surface area (Å²) in [6.07, 6.45) is 0. The maximum Gasteiger partial charge on any atom is 0.189 e. The molecule has 0 fully saturated rings. The molecule has 3 aromatic carbocycles. The van der Waals surface area contributed by atoms with E-state index in [0.29, 0.717) is 30.5 Å². The molecule has 0 saturated carbocycles. The number of rotatable bonds is 7. The average molecular weight is 379 g/mol. The van der Waals surface area contributed by atoms with Crippen molar-refractivity contribution in [3.63, 3.8) is 0 Å². The van der Waals surface area contributed by atoms with Crippen LogP contribution < -0.4 is 25.3 Å². The van der Waals surface area contributed by atoms with Crippen molar-refractivity contribution >= 4 is 16.7 Å². The number of nitrogens with zero attached hydrogens (tertiary/aromatic N) is 1. The summed E-state index contributed by atoms with van der Waals surface area (Å²) in [5.41, 5.74) is 8.13. The maximum atomic E-state index is 6.01. The molecule has 28 heavy (non-hydrogen) atoms. The van der Waals surface area contributed by atoms with Crippen molar-refractivity contribution in [2.45, 2.75) is 13.1 Å². The van der Waals surface area contributed by atoms with E-state index >= 15 is 0 Å². The number of methoxy groups -OCH3 is 3. The lowest BCUT2D eigenvalue weighted by atomic mass is 10.1. The van der Waals surface area contributed by atoms with Gasteiger partial charge in [0.1, 0.15) is 5.75 Å². The van der Waals surface area contributed by atoms with Gasteiger partial charge in [0, 0.05) is 6.54 Å². The van der Waals surface area contributed by atoms with E-state index in [4.69, 9.17) is 19.9 Å². The smallest absolute Gasteiger partial charge is 0.189 e. The molecule has 0 amide bonds. The van der Waals surface area contributed by atoms with Gasteiger partial charge in [0.25, 0.3) is 0 Å². The monoisotopic (exact) mass is 379 g/mol. The quantitative estimate of drug-likeness (QED) is 0.485. The Morgan fingerprint density at radius 1 is 0.821 bits per heavy atom. The Balaban J connectivity index is 1.62. The van der Waals surface area contributed by atoms with Crippen molar-refractivity contribution in [2.24, 2.45) is 10.7 Å². The second-order valence-electron chi connectivity index (χ2n) is 6.29. The highest BCUT2D eigenvalue weighted by molar-refractivity contribution is 5.84. The Labute approximate surface area is 164 Å². The average Bonchev–Trinajstić information content (AvgIpc) is 2.75. The molecule has 0 aromatic heterocycles.